The SMILES string of the molecule is CC.Cc1cnc(Cl)nc1N[C@H](C)CO. The zero-order valence-electron chi connectivity index (χ0n) is 9.58. The first-order chi connectivity index (χ1) is 7.13. The molecule has 1 heterocycles. The van der Waals surface area contributed by atoms with E-state index in [0.29, 0.717) is 5.82 Å². The Morgan fingerprint density at radius 2 is 2.13 bits per heavy atom. The summed E-state index contributed by atoms with van der Waals surface area (Å²) in [7, 11) is 0. The van der Waals surface area contributed by atoms with E-state index in [2.05, 4.69) is 15.3 Å². The van der Waals surface area contributed by atoms with Crippen molar-refractivity contribution >= 4 is 17.4 Å². The first kappa shape index (κ1) is 14.1. The van der Waals surface area contributed by atoms with E-state index in [1.54, 1.807) is 6.20 Å². The highest BCUT2D eigenvalue weighted by Crippen LogP contribution is 2.13. The van der Waals surface area contributed by atoms with Crippen LogP contribution in [0.1, 0.15) is 26.3 Å². The van der Waals surface area contributed by atoms with Gasteiger partial charge in [0.2, 0.25) is 5.28 Å². The van der Waals surface area contributed by atoms with E-state index in [1.165, 1.54) is 0 Å². The summed E-state index contributed by atoms with van der Waals surface area (Å²) >= 11 is 5.62. The van der Waals surface area contributed by atoms with Crippen LogP contribution in [0.3, 0.4) is 0 Å². The largest absolute Gasteiger partial charge is 0.394 e. The van der Waals surface area contributed by atoms with Gasteiger partial charge in [-0.2, -0.15) is 0 Å². The van der Waals surface area contributed by atoms with E-state index in [-0.39, 0.29) is 17.9 Å². The van der Waals surface area contributed by atoms with Crippen molar-refractivity contribution in [1.29, 1.82) is 0 Å². The molecule has 0 saturated heterocycles. The molecule has 0 aromatic carbocycles. The molecule has 1 aromatic heterocycles. The number of aliphatic hydroxyl groups is 1. The van der Waals surface area contributed by atoms with Crippen molar-refractivity contribution in [2.45, 2.75) is 33.7 Å². The number of nitrogens with one attached hydrogen (secondary N) is 1. The molecular weight excluding hydrogens is 214 g/mol. The molecule has 0 unspecified atom stereocenters. The Morgan fingerprint density at radius 1 is 1.53 bits per heavy atom. The molecule has 4 nitrogen and oxygen atoms in total. The van der Waals surface area contributed by atoms with Crippen molar-refractivity contribution in [1.82, 2.24) is 9.97 Å². The van der Waals surface area contributed by atoms with E-state index in [9.17, 15) is 0 Å². The van der Waals surface area contributed by atoms with Crippen LogP contribution in [0.15, 0.2) is 6.20 Å². The molecule has 2 N–H and O–H groups in total. The summed E-state index contributed by atoms with van der Waals surface area (Å²) in [6.45, 7) is 7.79. The lowest BCUT2D eigenvalue weighted by Crippen LogP contribution is -2.20. The van der Waals surface area contributed by atoms with Crippen molar-refractivity contribution in [3.63, 3.8) is 0 Å². The van der Waals surface area contributed by atoms with Crippen LogP contribution in [0.25, 0.3) is 0 Å². The summed E-state index contributed by atoms with van der Waals surface area (Å²) in [6, 6.07) is -0.0373. The van der Waals surface area contributed by atoms with Crippen LogP contribution >= 0.6 is 11.6 Å². The Labute approximate surface area is 95.7 Å². The third-order valence-corrected chi connectivity index (χ3v) is 1.78. The number of nitrogens with zero attached hydrogens (tertiary/aromatic N) is 2. The van der Waals surface area contributed by atoms with Gasteiger partial charge in [-0.3, -0.25) is 0 Å². The molecule has 0 fully saturated rings. The molecule has 5 heteroatoms. The highest BCUT2D eigenvalue weighted by Gasteiger charge is 2.05. The molecule has 1 atom stereocenters. The van der Waals surface area contributed by atoms with Gasteiger partial charge < -0.3 is 10.4 Å². The Kier molecular flexibility index (Phi) is 6.99. The van der Waals surface area contributed by atoms with Crippen LogP contribution < -0.4 is 5.32 Å². The first-order valence-corrected chi connectivity index (χ1v) is 5.38. The van der Waals surface area contributed by atoms with E-state index < -0.39 is 0 Å². The molecule has 86 valence electrons. The molecule has 0 radical (unpaired) electrons. The van der Waals surface area contributed by atoms with Gasteiger partial charge in [0, 0.05) is 17.8 Å². The second-order valence-electron chi connectivity index (χ2n) is 2.90. The summed E-state index contributed by atoms with van der Waals surface area (Å²) in [5.74, 6) is 0.668. The fraction of sp³-hybridized carbons (Fsp3) is 0.600. The van der Waals surface area contributed by atoms with Gasteiger partial charge in [-0.15, -0.1) is 0 Å². The van der Waals surface area contributed by atoms with Crippen molar-refractivity contribution in [3.05, 3.63) is 17.0 Å². The second kappa shape index (κ2) is 7.43. The molecule has 0 aliphatic rings. The van der Waals surface area contributed by atoms with Crippen molar-refractivity contribution in [2.75, 3.05) is 11.9 Å². The van der Waals surface area contributed by atoms with E-state index >= 15 is 0 Å². The van der Waals surface area contributed by atoms with Crippen LogP contribution in [-0.4, -0.2) is 27.7 Å². The number of rotatable bonds is 3. The summed E-state index contributed by atoms with van der Waals surface area (Å²) in [5, 5.41) is 12.0. The molecule has 0 spiro atoms. The zero-order valence-corrected chi connectivity index (χ0v) is 10.3. The van der Waals surface area contributed by atoms with Crippen molar-refractivity contribution < 1.29 is 5.11 Å². The number of aryl methyl sites for hydroxylation is 1. The number of aliphatic hydroxyl groups excluding tert-OH is 1. The molecule has 15 heavy (non-hydrogen) atoms. The fourth-order valence-corrected chi connectivity index (χ4v) is 0.979. The number of anilines is 1. The molecule has 1 aromatic rings. The second-order valence-corrected chi connectivity index (χ2v) is 3.24. The van der Waals surface area contributed by atoms with Gasteiger partial charge in [-0.25, -0.2) is 9.97 Å². The van der Waals surface area contributed by atoms with Gasteiger partial charge >= 0.3 is 0 Å². The third kappa shape index (κ3) is 4.95. The van der Waals surface area contributed by atoms with E-state index in [1.807, 2.05) is 27.7 Å². The predicted molar refractivity (Wildman–Crippen MR) is 63.3 cm³/mol. The smallest absolute Gasteiger partial charge is 0.224 e. The van der Waals surface area contributed by atoms with Crippen LogP contribution in [0.5, 0.6) is 0 Å². The molecule has 0 aliphatic heterocycles. The maximum Gasteiger partial charge on any atom is 0.224 e. The van der Waals surface area contributed by atoms with Gasteiger partial charge in [0.25, 0.3) is 0 Å². The van der Waals surface area contributed by atoms with Gasteiger partial charge in [0.05, 0.1) is 6.61 Å². The van der Waals surface area contributed by atoms with Gasteiger partial charge in [0.15, 0.2) is 0 Å². The standard InChI is InChI=1S/C8H12ClN3O.C2H6/c1-5-3-10-8(9)12-7(5)11-6(2)4-13;1-2/h3,6,13H,4H2,1-2H3,(H,10,11,12);1-2H3/t6-;/m1./s1. The maximum absolute atomic E-state index is 8.82. The zero-order chi connectivity index (χ0) is 11.8. The molecule has 0 saturated carbocycles. The summed E-state index contributed by atoms with van der Waals surface area (Å²) in [5.41, 5.74) is 0.907. The number of hydrogen-bond donors (Lipinski definition) is 2. The lowest BCUT2D eigenvalue weighted by Gasteiger charge is -2.12. The highest BCUT2D eigenvalue weighted by atomic mass is 35.5. The van der Waals surface area contributed by atoms with Crippen LogP contribution in [0.4, 0.5) is 5.82 Å². The van der Waals surface area contributed by atoms with Crippen molar-refractivity contribution in [2.24, 2.45) is 0 Å². The minimum atomic E-state index is -0.0373. The molecular formula is C10H18ClN3O. The summed E-state index contributed by atoms with van der Waals surface area (Å²) < 4.78 is 0. The quantitative estimate of drug-likeness (QED) is 0.784. The normalized spacial score (nSPS) is 11.3. The van der Waals surface area contributed by atoms with Crippen LogP contribution in [-0.2, 0) is 0 Å². The first-order valence-electron chi connectivity index (χ1n) is 5.00. The Balaban J connectivity index is 0.000000921. The number of halogens is 1. The monoisotopic (exact) mass is 231 g/mol. The summed E-state index contributed by atoms with van der Waals surface area (Å²) in [4.78, 5) is 7.82. The van der Waals surface area contributed by atoms with Crippen LogP contribution in [0.2, 0.25) is 5.28 Å². The van der Waals surface area contributed by atoms with Crippen molar-refractivity contribution in [3.8, 4) is 0 Å². The maximum atomic E-state index is 8.82. The third-order valence-electron chi connectivity index (χ3n) is 1.60. The van der Waals surface area contributed by atoms with E-state index in [4.69, 9.17) is 16.7 Å². The van der Waals surface area contributed by atoms with E-state index in [0.717, 1.165) is 5.56 Å². The van der Waals surface area contributed by atoms with Crippen LogP contribution in [0, 0.1) is 6.92 Å². The molecule has 0 bridgehead atoms. The fourth-order valence-electron chi connectivity index (χ4n) is 0.846. The number of hydrogen-bond acceptors (Lipinski definition) is 4. The lowest BCUT2D eigenvalue weighted by molar-refractivity contribution is 0.281. The lowest BCUT2D eigenvalue weighted by atomic mass is 10.3. The minimum Gasteiger partial charge on any atom is -0.394 e. The topological polar surface area (TPSA) is 58.0 Å². The average molecular weight is 232 g/mol. The van der Waals surface area contributed by atoms with Gasteiger partial charge in [-0.1, -0.05) is 13.8 Å². The Hall–Kier alpha value is -0.870. The number of aromatic nitrogens is 2. The van der Waals surface area contributed by atoms with Gasteiger partial charge in [-0.05, 0) is 25.4 Å². The molecule has 0 aliphatic carbocycles. The minimum absolute atomic E-state index is 0.0373. The Bertz CT molecular complexity index is 294. The summed E-state index contributed by atoms with van der Waals surface area (Å²) in [6.07, 6.45) is 1.64. The predicted octanol–water partition coefficient (Wildman–Crippen LogP) is 2.26. The molecule has 1 rings (SSSR count). The Morgan fingerprint density at radius 3 is 2.67 bits per heavy atom. The molecule has 0 amide bonds. The highest BCUT2D eigenvalue weighted by molar-refractivity contribution is 6.28. The van der Waals surface area contributed by atoms with Gasteiger partial charge in [0.1, 0.15) is 5.82 Å². The average Bonchev–Trinajstić information content (AvgIpc) is 2.26.